The lowest BCUT2D eigenvalue weighted by Crippen LogP contribution is -2.39. The van der Waals surface area contributed by atoms with Crippen molar-refractivity contribution in [2.24, 2.45) is 5.92 Å². The lowest BCUT2D eigenvalue weighted by Gasteiger charge is -2.35. The number of carbonyl (C=O) groups excluding carboxylic acids is 1. The lowest BCUT2D eigenvalue weighted by atomic mass is 9.78. The van der Waals surface area contributed by atoms with Crippen LogP contribution in [0.5, 0.6) is 0 Å². The zero-order valence-electron chi connectivity index (χ0n) is 16.4. The number of nitrogens with zero attached hydrogens (tertiary/aromatic N) is 3. The van der Waals surface area contributed by atoms with Crippen molar-refractivity contribution in [3.05, 3.63) is 48.2 Å². The number of alkyl halides is 3. The molecule has 11 heteroatoms. The fraction of sp³-hybridized carbons (Fsp3) is 0.450. The topological polar surface area (TPSA) is 67.3 Å². The number of carbonyl (C=O) groups is 1. The van der Waals surface area contributed by atoms with Gasteiger partial charge in [0.1, 0.15) is 17.1 Å². The fourth-order valence-corrected chi connectivity index (χ4v) is 3.97. The average molecular weight is 461 g/mol. The van der Waals surface area contributed by atoms with E-state index in [0.717, 1.165) is 25.1 Å². The van der Waals surface area contributed by atoms with Crippen LogP contribution in [0.25, 0.3) is 0 Å². The highest BCUT2D eigenvalue weighted by molar-refractivity contribution is 5.90. The molecule has 1 spiro atoms. The van der Waals surface area contributed by atoms with Crippen LogP contribution in [0, 0.1) is 11.9 Å². The second-order valence-corrected chi connectivity index (χ2v) is 7.70. The first kappa shape index (κ1) is 23.1. The van der Waals surface area contributed by atoms with Gasteiger partial charge in [-0.3, -0.25) is 4.90 Å². The standard InChI is InChI=1S/C20H20F4N4O2.ClH/c21-17-15(2-1-9-25-17)28-12-19(30-18(28)29)7-5-13(6-8-19)10-26-16-4-3-14(11-27-16)20(22,23)24;/h1-4,9,11,13H,5-8,10,12H2,(H,26,27);1H. The average Bonchev–Trinajstić information content (AvgIpc) is 3.03. The van der Waals surface area contributed by atoms with Crippen molar-refractivity contribution in [3.63, 3.8) is 0 Å². The van der Waals surface area contributed by atoms with Crippen molar-refractivity contribution in [3.8, 4) is 0 Å². The molecule has 1 aliphatic carbocycles. The Hall–Kier alpha value is -2.62. The monoisotopic (exact) mass is 460 g/mol. The highest BCUT2D eigenvalue weighted by atomic mass is 35.5. The van der Waals surface area contributed by atoms with Gasteiger partial charge in [-0.1, -0.05) is 0 Å². The van der Waals surface area contributed by atoms with E-state index in [2.05, 4.69) is 15.3 Å². The Morgan fingerprint density at radius 2 is 1.94 bits per heavy atom. The van der Waals surface area contributed by atoms with Gasteiger partial charge in [-0.05, 0) is 55.9 Å². The van der Waals surface area contributed by atoms with Gasteiger partial charge >= 0.3 is 12.3 Å². The first-order valence-corrected chi connectivity index (χ1v) is 9.64. The molecule has 1 amide bonds. The van der Waals surface area contributed by atoms with E-state index in [1.54, 1.807) is 6.07 Å². The van der Waals surface area contributed by atoms with Crippen molar-refractivity contribution in [1.82, 2.24) is 9.97 Å². The van der Waals surface area contributed by atoms with Gasteiger partial charge in [-0.2, -0.15) is 17.6 Å². The molecule has 2 aromatic rings. The van der Waals surface area contributed by atoms with Gasteiger partial charge in [0, 0.05) is 18.9 Å². The molecule has 3 heterocycles. The lowest BCUT2D eigenvalue weighted by molar-refractivity contribution is -0.137. The number of hydrogen-bond donors (Lipinski definition) is 1. The first-order valence-electron chi connectivity index (χ1n) is 9.64. The molecule has 2 fully saturated rings. The minimum atomic E-state index is -4.41. The third-order valence-electron chi connectivity index (χ3n) is 5.68. The molecule has 168 valence electrons. The SMILES string of the molecule is Cl.O=C1OC2(CCC(CNc3ccc(C(F)(F)F)cn3)CC2)CN1c1cccnc1F. The van der Waals surface area contributed by atoms with Gasteiger partial charge in [0.05, 0.1) is 12.1 Å². The smallest absolute Gasteiger partial charge is 0.417 e. The number of anilines is 2. The summed E-state index contributed by atoms with van der Waals surface area (Å²) in [6.07, 6.45) is -0.0636. The van der Waals surface area contributed by atoms with Crippen LogP contribution in [0.2, 0.25) is 0 Å². The Bertz CT molecular complexity index is 918. The molecule has 31 heavy (non-hydrogen) atoms. The molecule has 1 N–H and O–H groups in total. The summed E-state index contributed by atoms with van der Waals surface area (Å²) in [6.45, 7) is 0.832. The zero-order chi connectivity index (χ0) is 21.4. The van der Waals surface area contributed by atoms with Crippen LogP contribution in [0.15, 0.2) is 36.7 Å². The molecule has 0 atom stereocenters. The van der Waals surface area contributed by atoms with Crippen LogP contribution in [-0.2, 0) is 10.9 Å². The number of rotatable bonds is 4. The summed E-state index contributed by atoms with van der Waals surface area (Å²) in [6, 6.07) is 5.37. The van der Waals surface area contributed by atoms with Gasteiger partial charge in [-0.25, -0.2) is 14.8 Å². The van der Waals surface area contributed by atoms with E-state index >= 15 is 0 Å². The predicted molar refractivity (Wildman–Crippen MR) is 108 cm³/mol. The third-order valence-corrected chi connectivity index (χ3v) is 5.68. The number of pyridine rings is 2. The second kappa shape index (κ2) is 8.86. The van der Waals surface area contributed by atoms with E-state index in [0.29, 0.717) is 25.2 Å². The fourth-order valence-electron chi connectivity index (χ4n) is 3.97. The molecule has 1 aliphatic heterocycles. The number of halogens is 5. The summed E-state index contributed by atoms with van der Waals surface area (Å²) in [5.74, 6) is -0.0650. The number of nitrogens with one attached hydrogen (secondary N) is 1. The van der Waals surface area contributed by atoms with Gasteiger partial charge in [0.25, 0.3) is 0 Å². The molecule has 6 nitrogen and oxygen atoms in total. The molecule has 0 aromatic carbocycles. The molecule has 0 unspecified atom stereocenters. The van der Waals surface area contributed by atoms with E-state index < -0.39 is 29.4 Å². The van der Waals surface area contributed by atoms with Crippen molar-refractivity contribution < 1.29 is 27.1 Å². The van der Waals surface area contributed by atoms with Crippen molar-refractivity contribution in [1.29, 1.82) is 0 Å². The highest BCUT2D eigenvalue weighted by Crippen LogP contribution is 2.41. The van der Waals surface area contributed by atoms with Crippen molar-refractivity contribution >= 4 is 30.0 Å². The molecule has 1 saturated heterocycles. The summed E-state index contributed by atoms with van der Waals surface area (Å²) in [5, 5.41) is 3.07. The molecule has 2 aromatic heterocycles. The molecule has 0 radical (unpaired) electrons. The molecule has 4 rings (SSSR count). The van der Waals surface area contributed by atoms with Crippen LogP contribution in [0.1, 0.15) is 31.2 Å². The Kier molecular flexibility index (Phi) is 6.59. The minimum absolute atomic E-state index is 0. The van der Waals surface area contributed by atoms with E-state index in [1.165, 1.54) is 23.2 Å². The Morgan fingerprint density at radius 3 is 2.55 bits per heavy atom. The molecular weight excluding hydrogens is 440 g/mol. The van der Waals surface area contributed by atoms with Gasteiger partial charge in [-0.15, -0.1) is 12.4 Å². The third kappa shape index (κ3) is 5.00. The van der Waals surface area contributed by atoms with Crippen LogP contribution >= 0.6 is 12.4 Å². The maximum Gasteiger partial charge on any atom is 0.417 e. The molecular formula is C20H21ClF4N4O2. The Morgan fingerprint density at radius 1 is 1.19 bits per heavy atom. The maximum atomic E-state index is 13.9. The molecule has 0 bridgehead atoms. The van der Waals surface area contributed by atoms with Crippen LogP contribution in [0.3, 0.4) is 0 Å². The minimum Gasteiger partial charge on any atom is -0.441 e. The normalized spacial score (nSPS) is 23.4. The molecule has 2 aliphatic rings. The summed E-state index contributed by atoms with van der Waals surface area (Å²) in [4.78, 5) is 21.0. The Balaban J connectivity index is 0.00000272. The van der Waals surface area contributed by atoms with Crippen molar-refractivity contribution in [2.45, 2.75) is 37.5 Å². The van der Waals surface area contributed by atoms with E-state index in [-0.39, 0.29) is 30.6 Å². The highest BCUT2D eigenvalue weighted by Gasteiger charge is 2.48. The van der Waals surface area contributed by atoms with Gasteiger partial charge < -0.3 is 10.1 Å². The van der Waals surface area contributed by atoms with Crippen LogP contribution in [0.4, 0.5) is 33.9 Å². The predicted octanol–water partition coefficient (Wildman–Crippen LogP) is 5.05. The van der Waals surface area contributed by atoms with Crippen LogP contribution in [-0.4, -0.2) is 34.8 Å². The van der Waals surface area contributed by atoms with E-state index in [4.69, 9.17) is 4.74 Å². The largest absolute Gasteiger partial charge is 0.441 e. The van der Waals surface area contributed by atoms with E-state index in [9.17, 15) is 22.4 Å². The summed E-state index contributed by atoms with van der Waals surface area (Å²) in [7, 11) is 0. The number of aromatic nitrogens is 2. The van der Waals surface area contributed by atoms with Gasteiger partial charge in [0.15, 0.2) is 0 Å². The maximum absolute atomic E-state index is 13.9. The summed E-state index contributed by atoms with van der Waals surface area (Å²) < 4.78 is 57.4. The number of ether oxygens (including phenoxy) is 1. The van der Waals surface area contributed by atoms with Gasteiger partial charge in [0.2, 0.25) is 5.95 Å². The van der Waals surface area contributed by atoms with Crippen LogP contribution < -0.4 is 10.2 Å². The summed E-state index contributed by atoms with van der Waals surface area (Å²) >= 11 is 0. The number of hydrogen-bond acceptors (Lipinski definition) is 5. The summed E-state index contributed by atoms with van der Waals surface area (Å²) in [5.41, 5.74) is -1.33. The quantitative estimate of drug-likeness (QED) is 0.510. The van der Waals surface area contributed by atoms with Crippen molar-refractivity contribution in [2.75, 3.05) is 23.3 Å². The van der Waals surface area contributed by atoms with E-state index in [1.807, 2.05) is 0 Å². The zero-order valence-corrected chi connectivity index (χ0v) is 17.2. The molecule has 1 saturated carbocycles. The second-order valence-electron chi connectivity index (χ2n) is 7.70. The number of amides is 1. The first-order chi connectivity index (χ1) is 14.3. The Labute approximate surface area is 182 Å².